The van der Waals surface area contributed by atoms with Crippen molar-refractivity contribution in [1.29, 1.82) is 0 Å². The monoisotopic (exact) mass is 452 g/mol. The number of hydrogen-bond donors (Lipinski definition) is 0. The van der Waals surface area contributed by atoms with Crippen LogP contribution >= 0.6 is 7.60 Å². The third-order valence-electron chi connectivity index (χ3n) is 4.07. The Morgan fingerprint density at radius 1 is 0.733 bits per heavy atom. The maximum Gasteiger partial charge on any atom is 0.345 e. The summed E-state index contributed by atoms with van der Waals surface area (Å²) in [6.45, 7) is 8.90. The van der Waals surface area contributed by atoms with Gasteiger partial charge >= 0.3 is 25.5 Å². The molecule has 0 aliphatic rings. The normalized spacial score (nSPS) is 13.4. The summed E-state index contributed by atoms with van der Waals surface area (Å²) >= 11 is 0. The minimum Gasteiger partial charge on any atom is -0.466 e. The number of esters is 3. The Balaban J connectivity index is 6.14. The number of carbonyl (C=O) groups excluding carboxylic acids is 3. The summed E-state index contributed by atoms with van der Waals surface area (Å²) in [5.74, 6) is -3.94. The molecule has 0 bridgehead atoms. The van der Waals surface area contributed by atoms with Crippen LogP contribution in [0.15, 0.2) is 0 Å². The van der Waals surface area contributed by atoms with Gasteiger partial charge in [-0.15, -0.1) is 0 Å². The summed E-state index contributed by atoms with van der Waals surface area (Å²) < 4.78 is 40.0. The van der Waals surface area contributed by atoms with E-state index in [0.29, 0.717) is 12.8 Å². The first-order valence-electron chi connectivity index (χ1n) is 10.7. The highest BCUT2D eigenvalue weighted by molar-refractivity contribution is 7.55. The molecule has 0 unspecified atom stereocenters. The third kappa shape index (κ3) is 10.0. The molecule has 0 aromatic rings. The molecule has 10 heteroatoms. The second-order valence-corrected chi connectivity index (χ2v) is 8.63. The predicted molar refractivity (Wildman–Crippen MR) is 111 cm³/mol. The third-order valence-corrected chi connectivity index (χ3v) is 6.41. The smallest absolute Gasteiger partial charge is 0.345 e. The molecule has 0 spiro atoms. The van der Waals surface area contributed by atoms with Crippen LogP contribution in [-0.4, -0.2) is 56.6 Å². The van der Waals surface area contributed by atoms with E-state index in [-0.39, 0.29) is 33.0 Å². The molecule has 0 aliphatic carbocycles. The summed E-state index contributed by atoms with van der Waals surface area (Å²) in [4.78, 5) is 37.6. The highest BCUT2D eigenvalue weighted by Crippen LogP contribution is 2.57. The van der Waals surface area contributed by atoms with Gasteiger partial charge in [0.15, 0.2) is 5.66 Å². The molecule has 9 nitrogen and oxygen atoms in total. The van der Waals surface area contributed by atoms with Crippen LogP contribution in [0, 0.1) is 5.92 Å². The summed E-state index contributed by atoms with van der Waals surface area (Å²) in [6, 6.07) is 0. The highest BCUT2D eigenvalue weighted by Gasteiger charge is 2.52. The van der Waals surface area contributed by atoms with Gasteiger partial charge in [-0.1, -0.05) is 26.7 Å². The lowest BCUT2D eigenvalue weighted by atomic mass is 10.0. The van der Waals surface area contributed by atoms with Crippen molar-refractivity contribution < 1.29 is 42.2 Å². The van der Waals surface area contributed by atoms with E-state index in [1.54, 1.807) is 20.8 Å². The first-order valence-corrected chi connectivity index (χ1v) is 12.3. The lowest BCUT2D eigenvalue weighted by Crippen LogP contribution is -2.40. The van der Waals surface area contributed by atoms with E-state index < -0.39 is 43.5 Å². The van der Waals surface area contributed by atoms with E-state index in [9.17, 15) is 18.9 Å². The van der Waals surface area contributed by atoms with Gasteiger partial charge in [-0.05, 0) is 33.6 Å². The van der Waals surface area contributed by atoms with Gasteiger partial charge in [0, 0.05) is 0 Å². The Morgan fingerprint density at radius 3 is 1.63 bits per heavy atom. The standard InChI is InChI=1S/C20H37O9P/c1-6-11-13-28-30(24,29-14-12-7-2)18(20(23)27-10-5)16(19(22)26-9-4)15-17(21)25-8-3/h16,18H,6-15H2,1-5H3/t16-,18-/m1/s1. The summed E-state index contributed by atoms with van der Waals surface area (Å²) in [6.07, 6.45) is 2.19. The number of hydrogen-bond acceptors (Lipinski definition) is 9. The van der Waals surface area contributed by atoms with Crippen LogP contribution in [0.25, 0.3) is 0 Å². The minimum atomic E-state index is -4.17. The van der Waals surface area contributed by atoms with E-state index in [1.807, 2.05) is 13.8 Å². The molecule has 0 amide bonds. The molecule has 30 heavy (non-hydrogen) atoms. The number of ether oxygens (including phenoxy) is 3. The molecule has 0 aromatic heterocycles. The number of rotatable bonds is 17. The molecule has 0 saturated heterocycles. The molecule has 0 N–H and O–H groups in total. The zero-order valence-electron chi connectivity index (χ0n) is 18.8. The Hall–Kier alpha value is -1.44. The van der Waals surface area contributed by atoms with Crippen LogP contribution < -0.4 is 0 Å². The SMILES string of the molecule is CCCCOP(=O)(OCCCC)[C@@H](C(=O)OCC)[C@@H](CC(=O)OCC)C(=O)OCC. The van der Waals surface area contributed by atoms with Crippen molar-refractivity contribution in [3.05, 3.63) is 0 Å². The fraction of sp³-hybridized carbons (Fsp3) is 0.850. The van der Waals surface area contributed by atoms with E-state index >= 15 is 0 Å². The molecule has 0 aliphatic heterocycles. The van der Waals surface area contributed by atoms with Crippen molar-refractivity contribution >= 4 is 25.5 Å². The molecule has 2 atom stereocenters. The van der Waals surface area contributed by atoms with Gasteiger partial charge in [-0.3, -0.25) is 18.9 Å². The van der Waals surface area contributed by atoms with Gasteiger partial charge in [0.2, 0.25) is 0 Å². The average Bonchev–Trinajstić information content (AvgIpc) is 2.68. The minimum absolute atomic E-state index is 0.00575. The Morgan fingerprint density at radius 2 is 1.20 bits per heavy atom. The predicted octanol–water partition coefficient (Wildman–Crippen LogP) is 3.88. The number of carbonyl (C=O) groups is 3. The maximum absolute atomic E-state index is 13.8. The van der Waals surface area contributed by atoms with Gasteiger partial charge in [0.1, 0.15) is 0 Å². The Labute approximate surface area is 179 Å². The van der Waals surface area contributed by atoms with E-state index in [0.717, 1.165) is 12.8 Å². The molecule has 0 radical (unpaired) electrons. The van der Waals surface area contributed by atoms with E-state index in [2.05, 4.69) is 0 Å². The maximum atomic E-state index is 13.8. The molecule has 0 fully saturated rings. The van der Waals surface area contributed by atoms with Crippen molar-refractivity contribution in [2.45, 2.75) is 72.4 Å². The van der Waals surface area contributed by atoms with Gasteiger partial charge in [0.25, 0.3) is 0 Å². The van der Waals surface area contributed by atoms with Crippen LogP contribution in [-0.2, 0) is 42.2 Å². The van der Waals surface area contributed by atoms with Gasteiger partial charge < -0.3 is 23.3 Å². The van der Waals surface area contributed by atoms with Crippen LogP contribution in [0.1, 0.15) is 66.7 Å². The topological polar surface area (TPSA) is 114 Å². The van der Waals surface area contributed by atoms with Crippen LogP contribution in [0.3, 0.4) is 0 Å². The highest BCUT2D eigenvalue weighted by atomic mass is 31.2. The quantitative estimate of drug-likeness (QED) is 0.140. The summed E-state index contributed by atoms with van der Waals surface area (Å²) in [5, 5.41) is 0. The molecule has 0 rings (SSSR count). The molecular weight excluding hydrogens is 415 g/mol. The first-order chi connectivity index (χ1) is 14.3. The largest absolute Gasteiger partial charge is 0.466 e. The Kier molecular flexibility index (Phi) is 15.5. The van der Waals surface area contributed by atoms with Gasteiger partial charge in [0.05, 0.1) is 45.4 Å². The summed E-state index contributed by atoms with van der Waals surface area (Å²) in [7, 11) is -4.17. The lowest BCUT2D eigenvalue weighted by Gasteiger charge is -2.30. The molecular formula is C20H37O9P. The average molecular weight is 452 g/mol. The summed E-state index contributed by atoms with van der Waals surface area (Å²) in [5.41, 5.74) is -1.63. The van der Waals surface area contributed by atoms with Crippen LogP contribution in [0.5, 0.6) is 0 Å². The second kappa shape index (κ2) is 16.3. The van der Waals surface area contributed by atoms with Crippen molar-refractivity contribution in [2.24, 2.45) is 5.92 Å². The number of unbranched alkanes of at least 4 members (excludes halogenated alkanes) is 2. The van der Waals surface area contributed by atoms with Crippen LogP contribution in [0.2, 0.25) is 0 Å². The second-order valence-electron chi connectivity index (χ2n) is 6.48. The zero-order valence-corrected chi connectivity index (χ0v) is 19.7. The molecule has 0 heterocycles. The van der Waals surface area contributed by atoms with Crippen molar-refractivity contribution in [2.75, 3.05) is 33.0 Å². The van der Waals surface area contributed by atoms with Crippen LogP contribution in [0.4, 0.5) is 0 Å². The van der Waals surface area contributed by atoms with Crippen molar-refractivity contribution in [3.63, 3.8) is 0 Å². The Bertz CT molecular complexity index is 550. The van der Waals surface area contributed by atoms with E-state index in [4.69, 9.17) is 23.3 Å². The fourth-order valence-corrected chi connectivity index (χ4v) is 4.75. The van der Waals surface area contributed by atoms with E-state index in [1.165, 1.54) is 0 Å². The molecule has 0 aromatic carbocycles. The zero-order chi connectivity index (χ0) is 23.0. The van der Waals surface area contributed by atoms with Crippen molar-refractivity contribution in [3.8, 4) is 0 Å². The molecule has 176 valence electrons. The van der Waals surface area contributed by atoms with Gasteiger partial charge in [-0.25, -0.2) is 0 Å². The lowest BCUT2D eigenvalue weighted by molar-refractivity contribution is -0.159. The first kappa shape index (κ1) is 28.6. The van der Waals surface area contributed by atoms with Crippen molar-refractivity contribution in [1.82, 2.24) is 0 Å². The van der Waals surface area contributed by atoms with Gasteiger partial charge in [-0.2, -0.15) is 0 Å². The molecule has 0 saturated carbocycles. The fourth-order valence-electron chi connectivity index (χ4n) is 2.58.